The zero-order valence-corrected chi connectivity index (χ0v) is 13.8. The summed E-state index contributed by atoms with van der Waals surface area (Å²) in [6.45, 7) is 0.794. The Hall–Kier alpha value is -1.22. The molecule has 0 aliphatic heterocycles. The third-order valence-corrected chi connectivity index (χ3v) is 5.30. The number of rotatable bonds is 4. The van der Waals surface area contributed by atoms with Crippen molar-refractivity contribution in [3.05, 3.63) is 32.2 Å². The van der Waals surface area contributed by atoms with Gasteiger partial charge in [-0.1, -0.05) is 0 Å². The van der Waals surface area contributed by atoms with Gasteiger partial charge in [0.2, 0.25) is 5.95 Å². The summed E-state index contributed by atoms with van der Waals surface area (Å²) in [6, 6.07) is 4.16. The summed E-state index contributed by atoms with van der Waals surface area (Å²) in [4.78, 5) is 13.1. The van der Waals surface area contributed by atoms with Crippen LogP contribution in [0.1, 0.15) is 4.88 Å². The van der Waals surface area contributed by atoms with Gasteiger partial charge in [0, 0.05) is 21.8 Å². The van der Waals surface area contributed by atoms with Gasteiger partial charge in [-0.25, -0.2) is 10.8 Å². The lowest BCUT2D eigenvalue weighted by molar-refractivity contribution is 0.915. The summed E-state index contributed by atoms with van der Waals surface area (Å²) < 4.78 is 1.11. The second kappa shape index (κ2) is 5.65. The molecular weight excluding hydrogens is 358 g/mol. The van der Waals surface area contributed by atoms with Crippen molar-refractivity contribution in [3.63, 3.8) is 0 Å². The lowest BCUT2D eigenvalue weighted by Gasteiger charge is -2.18. The van der Waals surface area contributed by atoms with E-state index in [2.05, 4.69) is 47.7 Å². The number of thiophene rings is 2. The topological polar surface area (TPSA) is 67.1 Å². The highest BCUT2D eigenvalue weighted by Crippen LogP contribution is 2.30. The van der Waals surface area contributed by atoms with E-state index in [9.17, 15) is 0 Å². The van der Waals surface area contributed by atoms with Gasteiger partial charge in [0.1, 0.15) is 10.6 Å². The van der Waals surface area contributed by atoms with Crippen molar-refractivity contribution in [3.8, 4) is 0 Å². The molecule has 3 rings (SSSR count). The molecule has 0 saturated heterocycles. The standard InChI is InChI=1S/C12H12BrN5S2/c1-18(5-8-4-7(13)6-20-8)10-9-2-3-19-11(9)16-12(15-10)17-14/h2-4,6H,5,14H2,1H3,(H,15,16,17). The normalized spacial score (nSPS) is 10.9. The van der Waals surface area contributed by atoms with E-state index in [0.29, 0.717) is 5.95 Å². The lowest BCUT2D eigenvalue weighted by atomic mass is 10.3. The van der Waals surface area contributed by atoms with Crippen molar-refractivity contribution < 1.29 is 0 Å². The second-order valence-corrected chi connectivity index (χ2v) is 7.05. The number of halogens is 1. The maximum absolute atomic E-state index is 5.44. The van der Waals surface area contributed by atoms with E-state index in [-0.39, 0.29) is 0 Å². The first-order valence-electron chi connectivity index (χ1n) is 5.83. The van der Waals surface area contributed by atoms with E-state index in [0.717, 1.165) is 27.1 Å². The van der Waals surface area contributed by atoms with E-state index >= 15 is 0 Å². The van der Waals surface area contributed by atoms with Crippen LogP contribution in [0.4, 0.5) is 11.8 Å². The Labute approximate surface area is 132 Å². The van der Waals surface area contributed by atoms with Crippen molar-refractivity contribution in [2.45, 2.75) is 6.54 Å². The SMILES string of the molecule is CN(Cc1cc(Br)cs1)c1nc(NN)nc2sccc12. The van der Waals surface area contributed by atoms with Crippen molar-refractivity contribution in [1.29, 1.82) is 0 Å². The van der Waals surface area contributed by atoms with Crippen LogP contribution in [-0.2, 0) is 6.54 Å². The molecule has 0 aliphatic carbocycles. The highest BCUT2D eigenvalue weighted by atomic mass is 79.9. The average molecular weight is 370 g/mol. The molecule has 3 N–H and O–H groups in total. The number of aromatic nitrogens is 2. The number of fused-ring (bicyclic) bond motifs is 1. The number of nitrogen functional groups attached to an aromatic ring is 1. The number of nitrogens with one attached hydrogen (secondary N) is 1. The number of nitrogens with zero attached hydrogens (tertiary/aromatic N) is 3. The molecule has 0 atom stereocenters. The summed E-state index contributed by atoms with van der Waals surface area (Å²) in [5.74, 6) is 6.76. The van der Waals surface area contributed by atoms with E-state index < -0.39 is 0 Å². The van der Waals surface area contributed by atoms with Crippen LogP contribution in [0.25, 0.3) is 10.2 Å². The molecule has 0 aliphatic rings. The number of hydrogen-bond donors (Lipinski definition) is 2. The first-order chi connectivity index (χ1) is 9.67. The van der Waals surface area contributed by atoms with Crippen LogP contribution in [0.2, 0.25) is 0 Å². The van der Waals surface area contributed by atoms with Crippen LogP contribution >= 0.6 is 38.6 Å². The van der Waals surface area contributed by atoms with Gasteiger partial charge in [-0.2, -0.15) is 4.98 Å². The Morgan fingerprint density at radius 2 is 2.25 bits per heavy atom. The van der Waals surface area contributed by atoms with E-state index in [1.165, 1.54) is 4.88 Å². The maximum atomic E-state index is 5.44. The van der Waals surface area contributed by atoms with Crippen LogP contribution in [-0.4, -0.2) is 17.0 Å². The monoisotopic (exact) mass is 369 g/mol. The molecule has 5 nitrogen and oxygen atoms in total. The Balaban J connectivity index is 1.97. The molecule has 0 fully saturated rings. The molecular formula is C12H12BrN5S2. The minimum Gasteiger partial charge on any atom is -0.354 e. The largest absolute Gasteiger partial charge is 0.354 e. The van der Waals surface area contributed by atoms with Crippen molar-refractivity contribution in [2.24, 2.45) is 5.84 Å². The van der Waals surface area contributed by atoms with E-state index in [1.54, 1.807) is 22.7 Å². The summed E-state index contributed by atoms with van der Waals surface area (Å²) in [5, 5.41) is 5.14. The van der Waals surface area contributed by atoms with E-state index in [1.807, 2.05) is 18.5 Å². The second-order valence-electron chi connectivity index (χ2n) is 4.24. The summed E-state index contributed by atoms with van der Waals surface area (Å²) in [6.07, 6.45) is 0. The number of anilines is 2. The molecule has 8 heteroatoms. The van der Waals surface area contributed by atoms with Gasteiger partial charge in [0.25, 0.3) is 0 Å². The Morgan fingerprint density at radius 3 is 2.95 bits per heavy atom. The zero-order chi connectivity index (χ0) is 14.1. The quantitative estimate of drug-likeness (QED) is 0.544. The third-order valence-electron chi connectivity index (χ3n) is 2.81. The Morgan fingerprint density at radius 1 is 1.40 bits per heavy atom. The molecule has 0 bridgehead atoms. The van der Waals surface area contributed by atoms with Gasteiger partial charge in [-0.3, -0.25) is 5.43 Å². The predicted octanol–water partition coefficient (Wildman–Crippen LogP) is 3.44. The van der Waals surface area contributed by atoms with Gasteiger partial charge in [-0.15, -0.1) is 22.7 Å². The highest BCUT2D eigenvalue weighted by molar-refractivity contribution is 9.10. The average Bonchev–Trinajstić information content (AvgIpc) is 3.06. The summed E-state index contributed by atoms with van der Waals surface area (Å²) >= 11 is 6.78. The summed E-state index contributed by atoms with van der Waals surface area (Å²) in [7, 11) is 2.02. The Kier molecular flexibility index (Phi) is 3.88. The van der Waals surface area contributed by atoms with Crippen LogP contribution < -0.4 is 16.2 Å². The summed E-state index contributed by atoms with van der Waals surface area (Å²) in [5.41, 5.74) is 2.53. The molecule has 0 amide bonds. The number of hydrogen-bond acceptors (Lipinski definition) is 7. The lowest BCUT2D eigenvalue weighted by Crippen LogP contribution is -2.19. The number of nitrogens with two attached hydrogens (primary N) is 1. The number of hydrazine groups is 1. The molecule has 0 unspecified atom stereocenters. The van der Waals surface area contributed by atoms with Crippen LogP contribution in [0.15, 0.2) is 27.4 Å². The first kappa shape index (κ1) is 13.7. The minimum atomic E-state index is 0.439. The molecule has 3 heterocycles. The molecule has 20 heavy (non-hydrogen) atoms. The maximum Gasteiger partial charge on any atom is 0.240 e. The molecule has 3 aromatic rings. The van der Waals surface area contributed by atoms with Crippen LogP contribution in [0.5, 0.6) is 0 Å². The fraction of sp³-hybridized carbons (Fsp3) is 0.167. The zero-order valence-electron chi connectivity index (χ0n) is 10.6. The fourth-order valence-corrected chi connectivity index (χ4v) is 4.20. The molecule has 0 saturated carbocycles. The third kappa shape index (κ3) is 2.64. The fourth-order valence-electron chi connectivity index (χ4n) is 1.94. The first-order valence-corrected chi connectivity index (χ1v) is 8.38. The van der Waals surface area contributed by atoms with E-state index in [4.69, 9.17) is 5.84 Å². The molecule has 0 radical (unpaired) electrons. The van der Waals surface area contributed by atoms with Gasteiger partial charge >= 0.3 is 0 Å². The molecule has 3 aromatic heterocycles. The molecule has 104 valence electrons. The van der Waals surface area contributed by atoms with Crippen molar-refractivity contribution in [1.82, 2.24) is 9.97 Å². The van der Waals surface area contributed by atoms with Crippen molar-refractivity contribution in [2.75, 3.05) is 17.4 Å². The predicted molar refractivity (Wildman–Crippen MR) is 89.4 cm³/mol. The van der Waals surface area contributed by atoms with Gasteiger partial charge < -0.3 is 4.90 Å². The van der Waals surface area contributed by atoms with Gasteiger partial charge in [0.15, 0.2) is 0 Å². The molecule has 0 spiro atoms. The smallest absolute Gasteiger partial charge is 0.240 e. The highest BCUT2D eigenvalue weighted by Gasteiger charge is 2.13. The molecule has 0 aromatic carbocycles. The van der Waals surface area contributed by atoms with Gasteiger partial charge in [0.05, 0.1) is 11.9 Å². The van der Waals surface area contributed by atoms with Crippen LogP contribution in [0.3, 0.4) is 0 Å². The Bertz CT molecular complexity index is 738. The van der Waals surface area contributed by atoms with Gasteiger partial charge in [-0.05, 0) is 33.4 Å². The van der Waals surface area contributed by atoms with Crippen LogP contribution in [0, 0.1) is 0 Å². The van der Waals surface area contributed by atoms with Crippen molar-refractivity contribution >= 4 is 60.6 Å². The minimum absolute atomic E-state index is 0.439.